The molecule has 3 rings (SSSR count). The second-order valence-electron chi connectivity index (χ2n) is 5.41. The maximum Gasteiger partial charge on any atom is 0.249 e. The second kappa shape index (κ2) is 6.45. The molecule has 3 aromatic heterocycles. The number of amides is 1. The molecular formula is C18H16N4O2. The number of anilines is 1. The zero-order valence-electron chi connectivity index (χ0n) is 13.3. The summed E-state index contributed by atoms with van der Waals surface area (Å²) in [6.45, 7) is 3.40. The molecular weight excluding hydrogens is 304 g/mol. The Morgan fingerprint density at radius 3 is 2.71 bits per heavy atom. The van der Waals surface area contributed by atoms with Crippen LogP contribution >= 0.6 is 0 Å². The average Bonchev–Trinajstić information content (AvgIpc) is 2.52. The maximum atomic E-state index is 11.5. The number of hydrogen-bond donors (Lipinski definition) is 2. The molecule has 120 valence electrons. The molecule has 2 N–H and O–H groups in total. The van der Waals surface area contributed by atoms with Crippen molar-refractivity contribution in [3.05, 3.63) is 63.7 Å². The molecule has 6 heteroatoms. The van der Waals surface area contributed by atoms with Crippen molar-refractivity contribution in [2.24, 2.45) is 0 Å². The largest absolute Gasteiger partial charge is 0.311 e. The van der Waals surface area contributed by atoms with Crippen molar-refractivity contribution in [1.29, 1.82) is 0 Å². The molecule has 1 amide bonds. The van der Waals surface area contributed by atoms with E-state index >= 15 is 0 Å². The van der Waals surface area contributed by atoms with Crippen LogP contribution in [0.15, 0.2) is 41.2 Å². The number of nitrogens with one attached hydrogen (secondary N) is 2. The number of pyridine rings is 3. The van der Waals surface area contributed by atoms with Crippen LogP contribution in [0.3, 0.4) is 0 Å². The van der Waals surface area contributed by atoms with E-state index in [-0.39, 0.29) is 11.5 Å². The Kier molecular flexibility index (Phi) is 4.20. The average molecular weight is 320 g/mol. The van der Waals surface area contributed by atoms with Crippen LogP contribution in [0.25, 0.3) is 23.2 Å². The van der Waals surface area contributed by atoms with Crippen LogP contribution in [-0.4, -0.2) is 20.9 Å². The van der Waals surface area contributed by atoms with E-state index < -0.39 is 0 Å². The van der Waals surface area contributed by atoms with Crippen LogP contribution in [0.5, 0.6) is 0 Å². The summed E-state index contributed by atoms with van der Waals surface area (Å²) in [6, 6.07) is 10.6. The molecule has 0 aliphatic carbocycles. The molecule has 24 heavy (non-hydrogen) atoms. The number of fused-ring (bicyclic) bond motifs is 1. The second-order valence-corrected chi connectivity index (χ2v) is 5.41. The smallest absolute Gasteiger partial charge is 0.249 e. The summed E-state index contributed by atoms with van der Waals surface area (Å²) in [5.74, 6) is 0.330. The van der Waals surface area contributed by atoms with Crippen LogP contribution in [0.2, 0.25) is 0 Å². The first-order valence-electron chi connectivity index (χ1n) is 7.45. The van der Waals surface area contributed by atoms with Gasteiger partial charge in [0.15, 0.2) is 0 Å². The summed E-state index contributed by atoms with van der Waals surface area (Å²) < 4.78 is 0. The summed E-state index contributed by atoms with van der Waals surface area (Å²) in [5, 5.41) is 3.56. The Labute approximate surface area is 138 Å². The number of aromatic amines is 1. The van der Waals surface area contributed by atoms with Gasteiger partial charge >= 0.3 is 0 Å². The van der Waals surface area contributed by atoms with Crippen molar-refractivity contribution in [2.45, 2.75) is 13.8 Å². The van der Waals surface area contributed by atoms with Crippen molar-refractivity contribution in [1.82, 2.24) is 15.0 Å². The van der Waals surface area contributed by atoms with Crippen molar-refractivity contribution in [3.8, 4) is 0 Å². The Hall–Kier alpha value is -3.28. The number of aryl methyl sites for hydroxylation is 1. The normalized spacial score (nSPS) is 11.1. The van der Waals surface area contributed by atoms with Gasteiger partial charge in [0, 0.05) is 18.4 Å². The number of H-pyrrole nitrogens is 1. The highest BCUT2D eigenvalue weighted by Crippen LogP contribution is 2.16. The Bertz CT molecular complexity index is 1010. The molecule has 0 aromatic carbocycles. The Balaban J connectivity index is 1.93. The van der Waals surface area contributed by atoms with Gasteiger partial charge in [0.1, 0.15) is 11.5 Å². The van der Waals surface area contributed by atoms with E-state index in [4.69, 9.17) is 0 Å². The standard InChI is InChI=1S/C18H16N4O2/c1-11-10-14(21-18-15(11)8-9-17(24)22-18)7-6-13-4-3-5-16(20-13)19-12(2)23/h3-10H,1-2H3,(H,19,20,23)(H,21,22,24)/b7-6+. The molecule has 0 bridgehead atoms. The van der Waals surface area contributed by atoms with Gasteiger partial charge in [0.05, 0.1) is 11.4 Å². The first kappa shape index (κ1) is 15.6. The lowest BCUT2D eigenvalue weighted by molar-refractivity contribution is -0.114. The topological polar surface area (TPSA) is 87.7 Å². The van der Waals surface area contributed by atoms with Crippen LogP contribution < -0.4 is 10.9 Å². The lowest BCUT2D eigenvalue weighted by atomic mass is 10.1. The molecule has 0 atom stereocenters. The van der Waals surface area contributed by atoms with Gasteiger partial charge < -0.3 is 10.3 Å². The molecule has 0 aliphatic heterocycles. The molecule has 0 unspecified atom stereocenters. The molecule has 0 saturated heterocycles. The molecule has 3 aromatic rings. The zero-order valence-corrected chi connectivity index (χ0v) is 13.3. The van der Waals surface area contributed by atoms with Crippen molar-refractivity contribution < 1.29 is 4.79 Å². The molecule has 6 nitrogen and oxygen atoms in total. The SMILES string of the molecule is CC(=O)Nc1cccc(/C=C/c2cc(C)c3ccc(=O)[nH]c3n2)n1. The predicted octanol–water partition coefficient (Wildman–Crippen LogP) is 2.76. The Morgan fingerprint density at radius 2 is 1.92 bits per heavy atom. The third-order valence-electron chi connectivity index (χ3n) is 3.43. The summed E-state index contributed by atoms with van der Waals surface area (Å²) in [7, 11) is 0. The van der Waals surface area contributed by atoms with Crippen LogP contribution in [0.4, 0.5) is 5.82 Å². The van der Waals surface area contributed by atoms with E-state index in [1.807, 2.05) is 31.2 Å². The number of nitrogens with zero attached hydrogens (tertiary/aromatic N) is 2. The molecule has 0 fully saturated rings. The Morgan fingerprint density at radius 1 is 1.12 bits per heavy atom. The van der Waals surface area contributed by atoms with E-state index in [1.165, 1.54) is 13.0 Å². The molecule has 0 aliphatic rings. The molecule has 0 radical (unpaired) electrons. The third kappa shape index (κ3) is 3.55. The quantitative estimate of drug-likeness (QED) is 0.777. The monoisotopic (exact) mass is 320 g/mol. The van der Waals surface area contributed by atoms with E-state index in [0.29, 0.717) is 22.9 Å². The van der Waals surface area contributed by atoms with Crippen LogP contribution in [-0.2, 0) is 4.79 Å². The van der Waals surface area contributed by atoms with Gasteiger partial charge in [-0.2, -0.15) is 0 Å². The minimum atomic E-state index is -0.180. The fraction of sp³-hybridized carbons (Fsp3) is 0.111. The number of aromatic nitrogens is 3. The highest BCUT2D eigenvalue weighted by atomic mass is 16.1. The lowest BCUT2D eigenvalue weighted by Crippen LogP contribution is -2.07. The molecule has 0 saturated carbocycles. The van der Waals surface area contributed by atoms with Gasteiger partial charge in [-0.15, -0.1) is 0 Å². The zero-order chi connectivity index (χ0) is 17.1. The number of carbonyl (C=O) groups is 1. The van der Waals surface area contributed by atoms with E-state index in [9.17, 15) is 9.59 Å². The third-order valence-corrected chi connectivity index (χ3v) is 3.43. The van der Waals surface area contributed by atoms with Gasteiger partial charge in [-0.1, -0.05) is 6.07 Å². The van der Waals surface area contributed by atoms with Crippen LogP contribution in [0.1, 0.15) is 23.9 Å². The summed E-state index contributed by atoms with van der Waals surface area (Å²) in [5.41, 5.74) is 2.81. The van der Waals surface area contributed by atoms with Crippen molar-refractivity contribution in [2.75, 3.05) is 5.32 Å². The van der Waals surface area contributed by atoms with Crippen LogP contribution in [0, 0.1) is 6.92 Å². The highest BCUT2D eigenvalue weighted by molar-refractivity contribution is 5.87. The first-order chi connectivity index (χ1) is 11.5. The van der Waals surface area contributed by atoms with Crippen molar-refractivity contribution in [3.63, 3.8) is 0 Å². The molecule has 3 heterocycles. The fourth-order valence-electron chi connectivity index (χ4n) is 2.38. The highest BCUT2D eigenvalue weighted by Gasteiger charge is 2.02. The van der Waals surface area contributed by atoms with Gasteiger partial charge in [-0.25, -0.2) is 9.97 Å². The predicted molar refractivity (Wildman–Crippen MR) is 94.6 cm³/mol. The fourth-order valence-corrected chi connectivity index (χ4v) is 2.38. The van der Waals surface area contributed by atoms with Gasteiger partial charge in [-0.05, 0) is 48.9 Å². The lowest BCUT2D eigenvalue weighted by Gasteiger charge is -2.03. The van der Waals surface area contributed by atoms with E-state index in [2.05, 4.69) is 20.3 Å². The van der Waals surface area contributed by atoms with Crippen molar-refractivity contribution >= 4 is 34.9 Å². The van der Waals surface area contributed by atoms with E-state index in [0.717, 1.165) is 10.9 Å². The van der Waals surface area contributed by atoms with E-state index in [1.54, 1.807) is 18.2 Å². The molecule has 0 spiro atoms. The number of carbonyl (C=O) groups excluding carboxylic acids is 1. The minimum absolute atomic E-state index is 0.167. The van der Waals surface area contributed by atoms with Gasteiger partial charge in [-0.3, -0.25) is 9.59 Å². The number of hydrogen-bond acceptors (Lipinski definition) is 4. The summed E-state index contributed by atoms with van der Waals surface area (Å²) in [4.78, 5) is 34.0. The minimum Gasteiger partial charge on any atom is -0.311 e. The summed E-state index contributed by atoms with van der Waals surface area (Å²) >= 11 is 0. The maximum absolute atomic E-state index is 11.5. The first-order valence-corrected chi connectivity index (χ1v) is 7.45. The van der Waals surface area contributed by atoms with Gasteiger partial charge in [0.2, 0.25) is 11.5 Å². The summed E-state index contributed by atoms with van der Waals surface area (Å²) in [6.07, 6.45) is 3.62. The van der Waals surface area contributed by atoms with Gasteiger partial charge in [0.25, 0.3) is 0 Å². The number of rotatable bonds is 3.